The van der Waals surface area contributed by atoms with Crippen molar-refractivity contribution in [2.24, 2.45) is 0 Å². The minimum absolute atomic E-state index is 0.104. The van der Waals surface area contributed by atoms with Gasteiger partial charge in [-0.25, -0.2) is 9.59 Å². The van der Waals surface area contributed by atoms with Crippen LogP contribution in [0.4, 0.5) is 4.79 Å². The molecule has 3 amide bonds. The molecule has 10 heteroatoms. The van der Waals surface area contributed by atoms with Crippen LogP contribution in [-0.4, -0.2) is 62.7 Å². The highest BCUT2D eigenvalue weighted by Gasteiger charge is 2.40. The van der Waals surface area contributed by atoms with Gasteiger partial charge in [0.1, 0.15) is 11.2 Å². The molecule has 1 fully saturated rings. The number of aromatic nitrogens is 2. The molecule has 3 heterocycles. The number of rotatable bonds is 3. The van der Waals surface area contributed by atoms with Crippen LogP contribution in [0.3, 0.4) is 0 Å². The second kappa shape index (κ2) is 7.53. The van der Waals surface area contributed by atoms with Crippen molar-refractivity contribution in [3.8, 4) is 0 Å². The lowest BCUT2D eigenvalue weighted by Crippen LogP contribution is -2.35. The van der Waals surface area contributed by atoms with Crippen molar-refractivity contribution in [3.63, 3.8) is 0 Å². The van der Waals surface area contributed by atoms with Crippen molar-refractivity contribution in [2.75, 3.05) is 13.1 Å². The van der Waals surface area contributed by atoms with Gasteiger partial charge in [-0.05, 0) is 39.3 Å². The van der Waals surface area contributed by atoms with Crippen LogP contribution in [0.25, 0.3) is 0 Å². The Hall–Kier alpha value is -3.69. The van der Waals surface area contributed by atoms with Crippen LogP contribution in [0.15, 0.2) is 30.5 Å². The Morgan fingerprint density at radius 2 is 1.77 bits per heavy atom. The Bertz CT molecular complexity index is 1030. The van der Waals surface area contributed by atoms with Crippen LogP contribution < -0.4 is 0 Å². The predicted octanol–water partition coefficient (Wildman–Crippen LogP) is 2.50. The number of hydrogen-bond acceptors (Lipinski definition) is 7. The number of nitrogens with one attached hydrogen (secondary N) is 1. The molecule has 0 spiro atoms. The van der Waals surface area contributed by atoms with Crippen LogP contribution in [0, 0.1) is 0 Å². The molecule has 1 N–H and O–H groups in total. The summed E-state index contributed by atoms with van der Waals surface area (Å²) in [4.78, 5) is 56.6. The minimum atomic E-state index is -0.881. The maximum Gasteiger partial charge on any atom is 0.410 e. The number of amides is 3. The van der Waals surface area contributed by atoms with E-state index in [0.717, 1.165) is 0 Å². The standard InChI is InChI=1S/C21H22N4O6/c1-21(2,3)30-20(29)24-9-8-12(11-24)16-15(10-22-23-16)19(28)31-25-17(26)13-6-4-5-7-14(13)18(25)27/h4-7,10,12H,8-9,11H2,1-3H3,(H,22,23). The highest BCUT2D eigenvalue weighted by molar-refractivity contribution is 6.21. The number of benzene rings is 1. The Balaban J connectivity index is 1.46. The summed E-state index contributed by atoms with van der Waals surface area (Å²) in [7, 11) is 0. The number of aromatic amines is 1. The van der Waals surface area contributed by atoms with E-state index in [1.165, 1.54) is 18.3 Å². The number of carbonyl (C=O) groups excluding carboxylic acids is 4. The van der Waals surface area contributed by atoms with Crippen LogP contribution >= 0.6 is 0 Å². The average Bonchev–Trinajstić information content (AvgIpc) is 3.42. The van der Waals surface area contributed by atoms with Crippen molar-refractivity contribution < 1.29 is 28.8 Å². The van der Waals surface area contributed by atoms with Crippen LogP contribution in [0.5, 0.6) is 0 Å². The Morgan fingerprint density at radius 3 is 2.39 bits per heavy atom. The number of nitrogens with zero attached hydrogens (tertiary/aromatic N) is 3. The Labute approximate surface area is 178 Å². The van der Waals surface area contributed by atoms with Crippen LogP contribution in [0.1, 0.15) is 69.9 Å². The zero-order valence-corrected chi connectivity index (χ0v) is 17.4. The number of H-pyrrole nitrogens is 1. The molecule has 2 aliphatic heterocycles. The summed E-state index contributed by atoms with van der Waals surface area (Å²) in [6.45, 7) is 6.18. The van der Waals surface area contributed by atoms with E-state index in [1.54, 1.807) is 37.8 Å². The maximum absolute atomic E-state index is 12.8. The summed E-state index contributed by atoms with van der Waals surface area (Å²) < 4.78 is 5.40. The quantitative estimate of drug-likeness (QED) is 0.748. The average molecular weight is 426 g/mol. The third kappa shape index (κ3) is 3.88. The van der Waals surface area contributed by atoms with E-state index in [-0.39, 0.29) is 22.6 Å². The summed E-state index contributed by atoms with van der Waals surface area (Å²) in [5.74, 6) is -2.47. The molecule has 1 unspecified atom stereocenters. The SMILES string of the molecule is CC(C)(C)OC(=O)N1CCC(c2[nH]ncc2C(=O)ON2C(=O)c3ccccc3C2=O)C1. The lowest BCUT2D eigenvalue weighted by atomic mass is 10.0. The first-order valence-corrected chi connectivity index (χ1v) is 9.87. The molecule has 2 aromatic rings. The van der Waals surface area contributed by atoms with Crippen molar-refractivity contribution in [1.82, 2.24) is 20.2 Å². The fourth-order valence-electron chi connectivity index (χ4n) is 3.64. The largest absolute Gasteiger partial charge is 0.444 e. The Morgan fingerprint density at radius 1 is 1.13 bits per heavy atom. The normalized spacial score (nSPS) is 18.4. The van der Waals surface area contributed by atoms with Crippen molar-refractivity contribution in [1.29, 1.82) is 0 Å². The molecule has 0 saturated carbocycles. The molecule has 1 aromatic carbocycles. The lowest BCUT2D eigenvalue weighted by molar-refractivity contribution is -0.0585. The predicted molar refractivity (Wildman–Crippen MR) is 106 cm³/mol. The van der Waals surface area contributed by atoms with Crippen LogP contribution in [-0.2, 0) is 9.57 Å². The maximum atomic E-state index is 12.8. The zero-order chi connectivity index (χ0) is 22.3. The number of hydroxylamine groups is 2. The molecule has 0 aliphatic carbocycles. The van der Waals surface area contributed by atoms with Gasteiger partial charge in [0.05, 0.1) is 23.0 Å². The molecule has 4 rings (SSSR count). The summed E-state index contributed by atoms with van der Waals surface area (Å²) in [6.07, 6.45) is 1.45. The topological polar surface area (TPSA) is 122 Å². The number of carbonyl (C=O) groups is 4. The molecular formula is C21H22N4O6. The third-order valence-corrected chi connectivity index (χ3v) is 5.07. The number of ether oxygens (including phenoxy) is 1. The van der Waals surface area contributed by atoms with E-state index in [2.05, 4.69) is 10.2 Å². The van der Waals surface area contributed by atoms with Gasteiger partial charge in [0.25, 0.3) is 11.8 Å². The van der Waals surface area contributed by atoms with Gasteiger partial charge >= 0.3 is 12.1 Å². The Kier molecular flexibility index (Phi) is 5.00. The van der Waals surface area contributed by atoms with E-state index >= 15 is 0 Å². The van der Waals surface area contributed by atoms with Gasteiger partial charge in [0.15, 0.2) is 0 Å². The van der Waals surface area contributed by atoms with Gasteiger partial charge < -0.3 is 14.5 Å². The molecule has 10 nitrogen and oxygen atoms in total. The van der Waals surface area contributed by atoms with Gasteiger partial charge in [0, 0.05) is 19.0 Å². The van der Waals surface area contributed by atoms with Crippen LogP contribution in [0.2, 0.25) is 0 Å². The fraction of sp³-hybridized carbons (Fsp3) is 0.381. The first-order valence-electron chi connectivity index (χ1n) is 9.87. The van der Waals surface area contributed by atoms with E-state index in [1.807, 2.05) is 0 Å². The lowest BCUT2D eigenvalue weighted by Gasteiger charge is -2.24. The molecule has 1 saturated heterocycles. The number of fused-ring (bicyclic) bond motifs is 1. The monoisotopic (exact) mass is 426 g/mol. The van der Waals surface area contributed by atoms with E-state index in [4.69, 9.17) is 9.57 Å². The molecular weight excluding hydrogens is 404 g/mol. The van der Waals surface area contributed by atoms with Crippen molar-refractivity contribution in [3.05, 3.63) is 52.8 Å². The summed E-state index contributed by atoms with van der Waals surface area (Å²) in [5.41, 5.74) is 0.332. The smallest absolute Gasteiger partial charge is 0.410 e. The van der Waals surface area contributed by atoms with Gasteiger partial charge in [-0.1, -0.05) is 17.2 Å². The molecule has 0 bridgehead atoms. The summed E-state index contributed by atoms with van der Waals surface area (Å²) in [6, 6.07) is 6.24. The first-order chi connectivity index (χ1) is 14.7. The molecule has 31 heavy (non-hydrogen) atoms. The molecule has 0 radical (unpaired) electrons. The van der Waals surface area contributed by atoms with Gasteiger partial charge in [-0.3, -0.25) is 14.7 Å². The number of likely N-dealkylation sites (tertiary alicyclic amines) is 1. The second-order valence-corrected chi connectivity index (χ2v) is 8.44. The van der Waals surface area contributed by atoms with E-state index in [0.29, 0.717) is 30.3 Å². The molecule has 1 aromatic heterocycles. The highest BCUT2D eigenvalue weighted by atomic mass is 16.7. The van der Waals surface area contributed by atoms with Gasteiger partial charge in [0.2, 0.25) is 0 Å². The van der Waals surface area contributed by atoms with Crippen molar-refractivity contribution >= 4 is 23.9 Å². The second-order valence-electron chi connectivity index (χ2n) is 8.44. The fourth-order valence-corrected chi connectivity index (χ4v) is 3.64. The van der Waals surface area contributed by atoms with E-state index in [9.17, 15) is 19.2 Å². The molecule has 1 atom stereocenters. The van der Waals surface area contributed by atoms with Gasteiger partial charge in [-0.2, -0.15) is 5.10 Å². The highest BCUT2D eigenvalue weighted by Crippen LogP contribution is 2.30. The molecule has 2 aliphatic rings. The summed E-state index contributed by atoms with van der Waals surface area (Å²) in [5, 5.41) is 7.17. The van der Waals surface area contributed by atoms with Gasteiger partial charge in [-0.15, -0.1) is 0 Å². The third-order valence-electron chi connectivity index (χ3n) is 5.07. The molecule has 162 valence electrons. The number of imide groups is 1. The summed E-state index contributed by atoms with van der Waals surface area (Å²) >= 11 is 0. The minimum Gasteiger partial charge on any atom is -0.444 e. The first kappa shape index (κ1) is 20.6. The van der Waals surface area contributed by atoms with E-state index < -0.39 is 29.5 Å². The zero-order valence-electron chi connectivity index (χ0n) is 17.4. The number of hydrogen-bond donors (Lipinski definition) is 1. The van der Waals surface area contributed by atoms with Crippen molar-refractivity contribution in [2.45, 2.75) is 38.7 Å².